The van der Waals surface area contributed by atoms with Crippen LogP contribution in [-0.4, -0.2) is 35.5 Å². The zero-order chi connectivity index (χ0) is 13.0. The predicted octanol–water partition coefficient (Wildman–Crippen LogP) is 1.76. The van der Waals surface area contributed by atoms with Crippen LogP contribution in [0.5, 0.6) is 5.88 Å². The smallest absolute Gasteiger partial charge is 0.213 e. The molecule has 0 radical (unpaired) electrons. The molecule has 2 atom stereocenters. The summed E-state index contributed by atoms with van der Waals surface area (Å²) in [6, 6.07) is 3.00. The molecule has 2 unspecified atom stereocenters. The van der Waals surface area contributed by atoms with E-state index in [4.69, 9.17) is 4.74 Å². The summed E-state index contributed by atoms with van der Waals surface area (Å²) < 4.78 is 6.95. The summed E-state index contributed by atoms with van der Waals surface area (Å²) in [6.07, 6.45) is 5.09. The molecule has 0 aromatic carbocycles. The molecule has 1 saturated heterocycles. The van der Waals surface area contributed by atoms with E-state index in [9.17, 15) is 0 Å². The lowest BCUT2D eigenvalue weighted by Crippen LogP contribution is -2.37. The monoisotopic (exact) mass is 252 g/mol. The standard InChI is InChI=1S/C13H24N4O/c1-10(8-11-6-4-5-7-14-11)15-12-9-13(18-3)17(2)16-12/h9-11,14H,4-8H2,1-3H3,(H,15,16). The van der Waals surface area contributed by atoms with Gasteiger partial charge in [0.1, 0.15) is 0 Å². The Kier molecular flexibility index (Phi) is 4.47. The maximum absolute atomic E-state index is 5.21. The number of hydrogen-bond donors (Lipinski definition) is 2. The Bertz CT molecular complexity index is 371. The van der Waals surface area contributed by atoms with Crippen molar-refractivity contribution in [1.29, 1.82) is 0 Å². The maximum atomic E-state index is 5.21. The van der Waals surface area contributed by atoms with Crippen LogP contribution in [0.3, 0.4) is 0 Å². The Morgan fingerprint density at radius 1 is 1.61 bits per heavy atom. The van der Waals surface area contributed by atoms with Gasteiger partial charge in [-0.2, -0.15) is 5.10 Å². The molecule has 0 bridgehead atoms. The van der Waals surface area contributed by atoms with Gasteiger partial charge in [0.15, 0.2) is 5.82 Å². The third-order valence-electron chi connectivity index (χ3n) is 3.49. The van der Waals surface area contributed by atoms with Crippen molar-refractivity contribution in [2.45, 2.75) is 44.7 Å². The fourth-order valence-electron chi connectivity index (χ4n) is 2.58. The first-order valence-corrected chi connectivity index (χ1v) is 6.77. The largest absolute Gasteiger partial charge is 0.481 e. The van der Waals surface area contributed by atoms with Crippen molar-refractivity contribution < 1.29 is 4.74 Å². The summed E-state index contributed by atoms with van der Waals surface area (Å²) in [6.45, 7) is 3.37. The van der Waals surface area contributed by atoms with E-state index in [2.05, 4.69) is 22.7 Å². The minimum atomic E-state index is 0.417. The van der Waals surface area contributed by atoms with Crippen LogP contribution >= 0.6 is 0 Å². The van der Waals surface area contributed by atoms with Crippen LogP contribution in [-0.2, 0) is 7.05 Å². The van der Waals surface area contributed by atoms with Crippen LogP contribution in [0.2, 0.25) is 0 Å². The van der Waals surface area contributed by atoms with E-state index in [1.165, 1.54) is 19.3 Å². The van der Waals surface area contributed by atoms with Gasteiger partial charge in [-0.25, -0.2) is 4.68 Å². The number of aromatic nitrogens is 2. The van der Waals surface area contributed by atoms with Gasteiger partial charge in [0.05, 0.1) is 7.11 Å². The average Bonchev–Trinajstić information content (AvgIpc) is 2.70. The molecule has 0 spiro atoms. The molecule has 2 rings (SSSR count). The van der Waals surface area contributed by atoms with Crippen molar-refractivity contribution in [3.8, 4) is 5.88 Å². The third-order valence-corrected chi connectivity index (χ3v) is 3.49. The fraction of sp³-hybridized carbons (Fsp3) is 0.769. The van der Waals surface area contributed by atoms with Crippen LogP contribution in [0, 0.1) is 0 Å². The molecule has 0 amide bonds. The minimum Gasteiger partial charge on any atom is -0.481 e. The van der Waals surface area contributed by atoms with Gasteiger partial charge in [-0.05, 0) is 32.7 Å². The second kappa shape index (κ2) is 6.09. The number of ether oxygens (including phenoxy) is 1. The van der Waals surface area contributed by atoms with Crippen molar-refractivity contribution in [2.24, 2.45) is 7.05 Å². The number of nitrogens with one attached hydrogen (secondary N) is 2. The molecule has 102 valence electrons. The van der Waals surface area contributed by atoms with Gasteiger partial charge in [0.25, 0.3) is 0 Å². The zero-order valence-electron chi connectivity index (χ0n) is 11.6. The topological polar surface area (TPSA) is 51.1 Å². The highest BCUT2D eigenvalue weighted by Crippen LogP contribution is 2.18. The lowest BCUT2D eigenvalue weighted by molar-refractivity contribution is 0.371. The van der Waals surface area contributed by atoms with Gasteiger partial charge in [-0.1, -0.05) is 6.42 Å². The molecule has 2 N–H and O–H groups in total. The molecular weight excluding hydrogens is 228 g/mol. The number of piperidine rings is 1. The Balaban J connectivity index is 1.83. The second-order valence-corrected chi connectivity index (χ2v) is 5.12. The lowest BCUT2D eigenvalue weighted by Gasteiger charge is -2.26. The van der Waals surface area contributed by atoms with Crippen molar-refractivity contribution in [2.75, 3.05) is 19.0 Å². The van der Waals surface area contributed by atoms with Gasteiger partial charge in [-0.3, -0.25) is 0 Å². The number of nitrogens with zero attached hydrogens (tertiary/aromatic N) is 2. The summed E-state index contributed by atoms with van der Waals surface area (Å²) in [5, 5.41) is 11.4. The highest BCUT2D eigenvalue weighted by atomic mass is 16.5. The minimum absolute atomic E-state index is 0.417. The molecular formula is C13H24N4O. The van der Waals surface area contributed by atoms with E-state index in [1.807, 2.05) is 13.1 Å². The maximum Gasteiger partial charge on any atom is 0.213 e. The molecule has 1 aliphatic heterocycles. The summed E-state index contributed by atoms with van der Waals surface area (Å²) in [5.74, 6) is 1.66. The molecule has 1 aliphatic rings. The van der Waals surface area contributed by atoms with Crippen LogP contribution in [0.1, 0.15) is 32.6 Å². The number of hydrogen-bond acceptors (Lipinski definition) is 4. The van der Waals surface area contributed by atoms with Gasteiger partial charge < -0.3 is 15.4 Å². The lowest BCUT2D eigenvalue weighted by atomic mass is 9.99. The third kappa shape index (κ3) is 3.38. The van der Waals surface area contributed by atoms with E-state index in [0.717, 1.165) is 24.7 Å². The number of aryl methyl sites for hydroxylation is 1. The van der Waals surface area contributed by atoms with Crippen LogP contribution in [0.4, 0.5) is 5.82 Å². The van der Waals surface area contributed by atoms with Crippen molar-refractivity contribution in [3.63, 3.8) is 0 Å². The normalized spacial score (nSPS) is 21.6. The van der Waals surface area contributed by atoms with Crippen LogP contribution in [0.15, 0.2) is 6.07 Å². The first-order chi connectivity index (χ1) is 8.69. The Labute approximate surface area is 109 Å². The first kappa shape index (κ1) is 13.2. The first-order valence-electron chi connectivity index (χ1n) is 6.77. The number of anilines is 1. The van der Waals surface area contributed by atoms with Crippen molar-refractivity contribution in [3.05, 3.63) is 6.07 Å². The second-order valence-electron chi connectivity index (χ2n) is 5.12. The summed E-state index contributed by atoms with van der Waals surface area (Å²) in [4.78, 5) is 0. The van der Waals surface area contributed by atoms with Gasteiger partial charge in [0.2, 0.25) is 5.88 Å². The molecule has 1 aromatic heterocycles. The highest BCUT2D eigenvalue weighted by molar-refractivity contribution is 5.39. The SMILES string of the molecule is COc1cc(NC(C)CC2CCCCN2)nn1C. The van der Waals surface area contributed by atoms with E-state index in [1.54, 1.807) is 11.8 Å². The molecule has 0 saturated carbocycles. The quantitative estimate of drug-likeness (QED) is 0.838. The van der Waals surface area contributed by atoms with Gasteiger partial charge in [0, 0.05) is 25.2 Å². The average molecular weight is 252 g/mol. The molecule has 2 heterocycles. The fourth-order valence-corrected chi connectivity index (χ4v) is 2.58. The summed E-state index contributed by atoms with van der Waals surface area (Å²) in [7, 11) is 3.55. The van der Waals surface area contributed by atoms with E-state index >= 15 is 0 Å². The number of methoxy groups -OCH3 is 1. The van der Waals surface area contributed by atoms with Crippen LogP contribution in [0.25, 0.3) is 0 Å². The molecule has 1 aromatic rings. The van der Waals surface area contributed by atoms with Gasteiger partial charge in [-0.15, -0.1) is 0 Å². The van der Waals surface area contributed by atoms with Crippen LogP contribution < -0.4 is 15.4 Å². The molecule has 0 aliphatic carbocycles. The molecule has 18 heavy (non-hydrogen) atoms. The van der Waals surface area contributed by atoms with Gasteiger partial charge >= 0.3 is 0 Å². The Morgan fingerprint density at radius 3 is 3.06 bits per heavy atom. The Hall–Kier alpha value is -1.23. The number of rotatable bonds is 5. The van der Waals surface area contributed by atoms with E-state index < -0.39 is 0 Å². The predicted molar refractivity (Wildman–Crippen MR) is 73.1 cm³/mol. The summed E-state index contributed by atoms with van der Waals surface area (Å²) in [5.41, 5.74) is 0. The molecule has 5 heteroatoms. The van der Waals surface area contributed by atoms with E-state index in [-0.39, 0.29) is 0 Å². The molecule has 5 nitrogen and oxygen atoms in total. The Morgan fingerprint density at radius 2 is 2.44 bits per heavy atom. The zero-order valence-corrected chi connectivity index (χ0v) is 11.6. The van der Waals surface area contributed by atoms with Crippen molar-refractivity contribution in [1.82, 2.24) is 15.1 Å². The summed E-state index contributed by atoms with van der Waals surface area (Å²) >= 11 is 0. The highest BCUT2D eigenvalue weighted by Gasteiger charge is 2.16. The molecule has 1 fully saturated rings. The van der Waals surface area contributed by atoms with Crippen molar-refractivity contribution >= 4 is 5.82 Å². The van der Waals surface area contributed by atoms with E-state index in [0.29, 0.717) is 12.1 Å².